The van der Waals surface area contributed by atoms with Gasteiger partial charge < -0.3 is 9.47 Å². The third-order valence-electron chi connectivity index (χ3n) is 4.21. The largest absolute Gasteiger partial charge is 0.497 e. The van der Waals surface area contributed by atoms with E-state index < -0.39 is 6.10 Å². The Morgan fingerprint density at radius 2 is 1.89 bits per heavy atom. The molecular weight excluding hydrogens is 360 g/mol. The fourth-order valence-corrected chi connectivity index (χ4v) is 3.49. The van der Waals surface area contributed by atoms with Crippen LogP contribution in [0.2, 0.25) is 0 Å². The van der Waals surface area contributed by atoms with E-state index in [9.17, 15) is 4.79 Å². The first-order valence-corrected chi connectivity index (χ1v) is 9.60. The number of amides is 1. The first-order chi connectivity index (χ1) is 12.8. The Bertz CT molecular complexity index is 959. The molecular formula is C21H24N2O3S. The van der Waals surface area contributed by atoms with Crippen molar-refractivity contribution in [3.8, 4) is 11.5 Å². The average molecular weight is 385 g/mol. The number of carbonyl (C=O) groups excluding carboxylic acids is 1. The minimum Gasteiger partial charge on any atom is -0.497 e. The predicted octanol–water partition coefficient (Wildman–Crippen LogP) is 5.01. The first-order valence-electron chi connectivity index (χ1n) is 8.79. The van der Waals surface area contributed by atoms with E-state index >= 15 is 0 Å². The van der Waals surface area contributed by atoms with Gasteiger partial charge in [-0.3, -0.25) is 10.1 Å². The number of nitrogens with zero attached hydrogens (tertiary/aromatic N) is 1. The lowest BCUT2D eigenvalue weighted by Crippen LogP contribution is -2.30. The monoisotopic (exact) mass is 384 g/mol. The molecule has 0 aliphatic rings. The summed E-state index contributed by atoms with van der Waals surface area (Å²) in [5.41, 5.74) is 2.19. The van der Waals surface area contributed by atoms with Crippen LogP contribution in [-0.2, 0) is 10.2 Å². The Kier molecular flexibility index (Phi) is 5.37. The maximum Gasteiger partial charge on any atom is 0.266 e. The Labute approximate surface area is 163 Å². The molecule has 0 saturated carbocycles. The van der Waals surface area contributed by atoms with Gasteiger partial charge in [0.1, 0.15) is 11.5 Å². The summed E-state index contributed by atoms with van der Waals surface area (Å²) in [7, 11) is 1.59. The number of thiazole rings is 1. The summed E-state index contributed by atoms with van der Waals surface area (Å²) in [5, 5.41) is 3.42. The normalized spacial score (nSPS) is 12.6. The van der Waals surface area contributed by atoms with E-state index in [0.717, 1.165) is 10.2 Å². The van der Waals surface area contributed by atoms with Crippen LogP contribution in [0.15, 0.2) is 42.5 Å². The van der Waals surface area contributed by atoms with E-state index in [1.165, 1.54) is 16.9 Å². The molecule has 3 aromatic rings. The predicted molar refractivity (Wildman–Crippen MR) is 110 cm³/mol. The molecule has 0 bridgehead atoms. The van der Waals surface area contributed by atoms with Gasteiger partial charge in [-0.05, 0) is 42.2 Å². The Morgan fingerprint density at radius 1 is 1.15 bits per heavy atom. The number of aromatic nitrogens is 1. The molecule has 5 nitrogen and oxygen atoms in total. The number of fused-ring (bicyclic) bond motifs is 1. The third kappa shape index (κ3) is 4.57. The van der Waals surface area contributed by atoms with Crippen LogP contribution in [0.25, 0.3) is 10.2 Å². The molecule has 2 aromatic carbocycles. The molecule has 1 heterocycles. The van der Waals surface area contributed by atoms with Gasteiger partial charge in [-0.1, -0.05) is 44.2 Å². The number of ether oxygens (including phenoxy) is 2. The van der Waals surface area contributed by atoms with Crippen LogP contribution in [0.1, 0.15) is 33.3 Å². The number of hydrogen-bond acceptors (Lipinski definition) is 5. The standard InChI is InChI=1S/C21H24N2O3S/c1-13(26-16-8-6-7-15(12-16)25-5)19(24)23-20-22-17-10-9-14(21(2,3)4)11-18(17)27-20/h6-13H,1-5H3,(H,22,23,24). The lowest BCUT2D eigenvalue weighted by atomic mass is 9.87. The van der Waals surface area contributed by atoms with Gasteiger partial charge >= 0.3 is 0 Å². The zero-order chi connectivity index (χ0) is 19.6. The van der Waals surface area contributed by atoms with Crippen molar-refractivity contribution in [2.24, 2.45) is 0 Å². The van der Waals surface area contributed by atoms with Crippen LogP contribution < -0.4 is 14.8 Å². The van der Waals surface area contributed by atoms with E-state index in [1.807, 2.05) is 18.2 Å². The van der Waals surface area contributed by atoms with Crippen LogP contribution in [0.4, 0.5) is 5.13 Å². The number of rotatable bonds is 5. The van der Waals surface area contributed by atoms with Gasteiger partial charge in [0, 0.05) is 6.07 Å². The van der Waals surface area contributed by atoms with Gasteiger partial charge in [0.15, 0.2) is 11.2 Å². The molecule has 142 valence electrons. The molecule has 6 heteroatoms. The van der Waals surface area contributed by atoms with Crippen molar-refractivity contribution in [3.63, 3.8) is 0 Å². The molecule has 27 heavy (non-hydrogen) atoms. The summed E-state index contributed by atoms with van der Waals surface area (Å²) < 4.78 is 11.9. The van der Waals surface area contributed by atoms with Gasteiger partial charge in [-0.2, -0.15) is 0 Å². The zero-order valence-electron chi connectivity index (χ0n) is 16.2. The van der Waals surface area contributed by atoms with Gasteiger partial charge in [0.25, 0.3) is 5.91 Å². The second-order valence-corrected chi connectivity index (χ2v) is 8.41. The Hall–Kier alpha value is -2.60. The maximum absolute atomic E-state index is 12.5. The third-order valence-corrected chi connectivity index (χ3v) is 5.14. The molecule has 3 rings (SSSR count). The lowest BCUT2D eigenvalue weighted by Gasteiger charge is -2.18. The number of benzene rings is 2. The van der Waals surface area contributed by atoms with Gasteiger partial charge in [0.05, 0.1) is 17.3 Å². The van der Waals surface area contributed by atoms with E-state index in [4.69, 9.17) is 9.47 Å². The Morgan fingerprint density at radius 3 is 2.59 bits per heavy atom. The maximum atomic E-state index is 12.5. The van der Waals surface area contributed by atoms with Crippen LogP contribution in [-0.4, -0.2) is 24.1 Å². The van der Waals surface area contributed by atoms with E-state index in [2.05, 4.69) is 43.2 Å². The summed E-state index contributed by atoms with van der Waals surface area (Å²) >= 11 is 1.47. The van der Waals surface area contributed by atoms with Crippen molar-refractivity contribution in [1.29, 1.82) is 0 Å². The second kappa shape index (κ2) is 7.56. The van der Waals surface area contributed by atoms with Crippen LogP contribution >= 0.6 is 11.3 Å². The highest BCUT2D eigenvalue weighted by Crippen LogP contribution is 2.31. The van der Waals surface area contributed by atoms with Gasteiger partial charge in [-0.25, -0.2) is 4.98 Å². The topological polar surface area (TPSA) is 60.5 Å². The molecule has 0 radical (unpaired) electrons. The minimum absolute atomic E-state index is 0.0701. The Balaban J connectivity index is 1.71. The smallest absolute Gasteiger partial charge is 0.266 e. The second-order valence-electron chi connectivity index (χ2n) is 7.38. The fourth-order valence-electron chi connectivity index (χ4n) is 2.58. The lowest BCUT2D eigenvalue weighted by molar-refractivity contribution is -0.122. The van der Waals surface area contributed by atoms with Crippen LogP contribution in [0, 0.1) is 0 Å². The van der Waals surface area contributed by atoms with Gasteiger partial charge in [0.2, 0.25) is 0 Å². The van der Waals surface area contributed by atoms with Crippen molar-refractivity contribution in [2.45, 2.75) is 39.2 Å². The number of anilines is 1. The van der Waals surface area contributed by atoms with Crippen molar-refractivity contribution < 1.29 is 14.3 Å². The highest BCUT2D eigenvalue weighted by molar-refractivity contribution is 7.22. The summed E-state index contributed by atoms with van der Waals surface area (Å²) in [4.78, 5) is 17.0. The van der Waals surface area contributed by atoms with Gasteiger partial charge in [-0.15, -0.1) is 0 Å². The molecule has 0 aliphatic heterocycles. The fraction of sp³-hybridized carbons (Fsp3) is 0.333. The highest BCUT2D eigenvalue weighted by Gasteiger charge is 2.18. The summed E-state index contributed by atoms with van der Waals surface area (Å²) in [6, 6.07) is 13.4. The summed E-state index contributed by atoms with van der Waals surface area (Å²) in [6.45, 7) is 8.24. The number of carbonyl (C=O) groups is 1. The molecule has 1 N–H and O–H groups in total. The molecule has 0 saturated heterocycles. The first kappa shape index (κ1) is 19.2. The number of hydrogen-bond donors (Lipinski definition) is 1. The van der Waals surface area contributed by atoms with Crippen LogP contribution in [0.5, 0.6) is 11.5 Å². The molecule has 1 aromatic heterocycles. The minimum atomic E-state index is -0.658. The molecule has 0 aliphatic carbocycles. The summed E-state index contributed by atoms with van der Waals surface area (Å²) in [6.07, 6.45) is -0.658. The molecule has 0 fully saturated rings. The van der Waals surface area contributed by atoms with Crippen molar-refractivity contribution in [3.05, 3.63) is 48.0 Å². The number of methoxy groups -OCH3 is 1. The summed E-state index contributed by atoms with van der Waals surface area (Å²) in [5.74, 6) is 1.02. The van der Waals surface area contributed by atoms with Crippen molar-refractivity contribution >= 4 is 32.6 Å². The van der Waals surface area contributed by atoms with E-state index in [-0.39, 0.29) is 11.3 Å². The molecule has 1 amide bonds. The van der Waals surface area contributed by atoms with E-state index in [0.29, 0.717) is 16.6 Å². The van der Waals surface area contributed by atoms with Crippen molar-refractivity contribution in [1.82, 2.24) is 4.98 Å². The zero-order valence-corrected chi connectivity index (χ0v) is 17.0. The van der Waals surface area contributed by atoms with E-state index in [1.54, 1.807) is 26.2 Å². The molecule has 1 atom stereocenters. The molecule has 0 spiro atoms. The SMILES string of the molecule is COc1cccc(OC(C)C(=O)Nc2nc3ccc(C(C)(C)C)cc3s2)c1. The highest BCUT2D eigenvalue weighted by atomic mass is 32.1. The average Bonchev–Trinajstić information content (AvgIpc) is 3.02. The van der Waals surface area contributed by atoms with Crippen LogP contribution in [0.3, 0.4) is 0 Å². The van der Waals surface area contributed by atoms with Crippen molar-refractivity contribution in [2.75, 3.05) is 12.4 Å². The quantitative estimate of drug-likeness (QED) is 0.672. The molecule has 1 unspecified atom stereocenters. The number of nitrogens with one attached hydrogen (secondary N) is 1.